The molecule has 0 amide bonds. The average Bonchev–Trinajstić information content (AvgIpc) is 2.33. The SMILES string of the molecule is NCCCCCC1CCCCC1CCCO. The zero-order chi connectivity index (χ0) is 11.6. The smallest absolute Gasteiger partial charge is 0.0431 e. The summed E-state index contributed by atoms with van der Waals surface area (Å²) in [5, 5.41) is 8.92. The van der Waals surface area contributed by atoms with Crippen LogP contribution in [0.3, 0.4) is 0 Å². The fourth-order valence-corrected chi connectivity index (χ4v) is 3.13. The second-order valence-corrected chi connectivity index (χ2v) is 5.31. The van der Waals surface area contributed by atoms with Gasteiger partial charge >= 0.3 is 0 Å². The van der Waals surface area contributed by atoms with Gasteiger partial charge in [-0.15, -0.1) is 0 Å². The van der Waals surface area contributed by atoms with Gasteiger partial charge in [0, 0.05) is 6.61 Å². The molecular formula is C14H29NO. The van der Waals surface area contributed by atoms with Crippen molar-refractivity contribution in [1.29, 1.82) is 0 Å². The minimum atomic E-state index is 0.371. The van der Waals surface area contributed by atoms with Gasteiger partial charge in [-0.2, -0.15) is 0 Å². The van der Waals surface area contributed by atoms with Crippen molar-refractivity contribution in [3.63, 3.8) is 0 Å². The van der Waals surface area contributed by atoms with Crippen LogP contribution in [-0.2, 0) is 0 Å². The summed E-state index contributed by atoms with van der Waals surface area (Å²) in [7, 11) is 0. The third kappa shape index (κ3) is 5.31. The Morgan fingerprint density at radius 2 is 1.50 bits per heavy atom. The molecule has 96 valence electrons. The molecule has 16 heavy (non-hydrogen) atoms. The highest BCUT2D eigenvalue weighted by molar-refractivity contribution is 4.75. The molecule has 1 aliphatic rings. The standard InChI is InChI=1S/C14H29NO/c15-11-5-1-2-7-13-8-3-4-9-14(13)10-6-12-16/h13-14,16H,1-12,15H2. The first-order valence-corrected chi connectivity index (χ1v) is 7.19. The van der Waals surface area contributed by atoms with E-state index in [1.807, 2.05) is 0 Å². The van der Waals surface area contributed by atoms with Crippen LogP contribution in [0.5, 0.6) is 0 Å². The molecule has 0 saturated heterocycles. The van der Waals surface area contributed by atoms with Crippen LogP contribution >= 0.6 is 0 Å². The number of unbranched alkanes of at least 4 members (excludes halogenated alkanes) is 2. The van der Waals surface area contributed by atoms with E-state index in [9.17, 15) is 0 Å². The molecule has 2 unspecified atom stereocenters. The quantitative estimate of drug-likeness (QED) is 0.626. The zero-order valence-electron chi connectivity index (χ0n) is 10.7. The highest BCUT2D eigenvalue weighted by atomic mass is 16.2. The van der Waals surface area contributed by atoms with E-state index >= 15 is 0 Å². The number of aliphatic hydroxyl groups is 1. The molecular weight excluding hydrogens is 198 g/mol. The van der Waals surface area contributed by atoms with E-state index < -0.39 is 0 Å². The second-order valence-electron chi connectivity index (χ2n) is 5.31. The summed E-state index contributed by atoms with van der Waals surface area (Å²) >= 11 is 0. The minimum absolute atomic E-state index is 0.371. The van der Waals surface area contributed by atoms with Gasteiger partial charge in [0.05, 0.1) is 0 Å². The summed E-state index contributed by atoms with van der Waals surface area (Å²) in [4.78, 5) is 0. The third-order valence-corrected chi connectivity index (χ3v) is 4.08. The summed E-state index contributed by atoms with van der Waals surface area (Å²) in [5.41, 5.74) is 5.51. The van der Waals surface area contributed by atoms with E-state index in [0.717, 1.165) is 24.8 Å². The summed E-state index contributed by atoms with van der Waals surface area (Å²) < 4.78 is 0. The number of rotatable bonds is 8. The number of hydrogen-bond donors (Lipinski definition) is 2. The molecule has 2 heteroatoms. The van der Waals surface area contributed by atoms with Crippen LogP contribution < -0.4 is 5.73 Å². The number of nitrogens with two attached hydrogens (primary N) is 1. The summed E-state index contributed by atoms with van der Waals surface area (Å²) in [6.07, 6.45) is 13.2. The largest absolute Gasteiger partial charge is 0.396 e. The van der Waals surface area contributed by atoms with Crippen LogP contribution in [0.15, 0.2) is 0 Å². The molecule has 0 spiro atoms. The van der Waals surface area contributed by atoms with Gasteiger partial charge in [-0.1, -0.05) is 44.9 Å². The fourth-order valence-electron chi connectivity index (χ4n) is 3.13. The van der Waals surface area contributed by atoms with Gasteiger partial charge in [-0.25, -0.2) is 0 Å². The molecule has 1 fully saturated rings. The monoisotopic (exact) mass is 227 g/mol. The van der Waals surface area contributed by atoms with Crippen molar-refractivity contribution < 1.29 is 5.11 Å². The topological polar surface area (TPSA) is 46.2 Å². The maximum atomic E-state index is 8.92. The van der Waals surface area contributed by atoms with Crippen molar-refractivity contribution in [2.24, 2.45) is 17.6 Å². The lowest BCUT2D eigenvalue weighted by molar-refractivity contribution is 0.186. The predicted octanol–water partition coefficient (Wildman–Crippen LogP) is 3.08. The molecule has 2 atom stereocenters. The Balaban J connectivity index is 2.18. The molecule has 1 aliphatic carbocycles. The van der Waals surface area contributed by atoms with E-state index in [-0.39, 0.29) is 0 Å². The number of hydrogen-bond acceptors (Lipinski definition) is 2. The number of aliphatic hydroxyl groups excluding tert-OH is 1. The molecule has 0 heterocycles. The van der Waals surface area contributed by atoms with Crippen LogP contribution in [0.2, 0.25) is 0 Å². The van der Waals surface area contributed by atoms with Crippen molar-refractivity contribution in [3.05, 3.63) is 0 Å². The van der Waals surface area contributed by atoms with Gasteiger partial charge in [0.2, 0.25) is 0 Å². The van der Waals surface area contributed by atoms with E-state index in [0.29, 0.717) is 6.61 Å². The van der Waals surface area contributed by atoms with Crippen molar-refractivity contribution in [1.82, 2.24) is 0 Å². The lowest BCUT2D eigenvalue weighted by Crippen LogP contribution is -2.20. The summed E-state index contributed by atoms with van der Waals surface area (Å²) in [6, 6.07) is 0. The molecule has 1 rings (SSSR count). The molecule has 3 N–H and O–H groups in total. The predicted molar refractivity (Wildman–Crippen MR) is 69.3 cm³/mol. The molecule has 0 radical (unpaired) electrons. The highest BCUT2D eigenvalue weighted by Crippen LogP contribution is 2.36. The first-order valence-electron chi connectivity index (χ1n) is 7.19. The molecule has 2 nitrogen and oxygen atoms in total. The van der Waals surface area contributed by atoms with Gasteiger partial charge in [0.25, 0.3) is 0 Å². The van der Waals surface area contributed by atoms with E-state index in [4.69, 9.17) is 10.8 Å². The van der Waals surface area contributed by atoms with E-state index in [1.165, 1.54) is 57.8 Å². The first-order chi connectivity index (χ1) is 7.88. The van der Waals surface area contributed by atoms with Crippen molar-refractivity contribution in [2.45, 2.75) is 64.2 Å². The van der Waals surface area contributed by atoms with E-state index in [1.54, 1.807) is 0 Å². The highest BCUT2D eigenvalue weighted by Gasteiger charge is 2.23. The van der Waals surface area contributed by atoms with Gasteiger partial charge in [0.15, 0.2) is 0 Å². The van der Waals surface area contributed by atoms with Gasteiger partial charge in [-0.3, -0.25) is 0 Å². The zero-order valence-corrected chi connectivity index (χ0v) is 10.7. The Kier molecular flexibility index (Phi) is 7.87. The van der Waals surface area contributed by atoms with Gasteiger partial charge in [0.1, 0.15) is 0 Å². The molecule has 0 aromatic rings. The lowest BCUT2D eigenvalue weighted by Gasteiger charge is -2.31. The molecule has 1 saturated carbocycles. The van der Waals surface area contributed by atoms with Crippen LogP contribution in [0.25, 0.3) is 0 Å². The summed E-state index contributed by atoms with van der Waals surface area (Å²) in [5.74, 6) is 1.84. The Bertz CT molecular complexity index is 161. The van der Waals surface area contributed by atoms with Gasteiger partial charge < -0.3 is 10.8 Å². The van der Waals surface area contributed by atoms with E-state index in [2.05, 4.69) is 0 Å². The molecule has 0 aromatic heterocycles. The lowest BCUT2D eigenvalue weighted by atomic mass is 9.74. The normalized spacial score (nSPS) is 25.9. The Labute approximate surface area is 101 Å². The van der Waals surface area contributed by atoms with Crippen LogP contribution in [0, 0.1) is 11.8 Å². The fraction of sp³-hybridized carbons (Fsp3) is 1.00. The molecule has 0 aromatic carbocycles. The van der Waals surface area contributed by atoms with Crippen LogP contribution in [-0.4, -0.2) is 18.3 Å². The Morgan fingerprint density at radius 3 is 2.06 bits per heavy atom. The molecule has 0 bridgehead atoms. The van der Waals surface area contributed by atoms with Crippen molar-refractivity contribution in [2.75, 3.05) is 13.2 Å². The maximum absolute atomic E-state index is 8.92. The summed E-state index contributed by atoms with van der Waals surface area (Å²) in [6.45, 7) is 1.22. The second kappa shape index (κ2) is 9.00. The first kappa shape index (κ1) is 14.0. The van der Waals surface area contributed by atoms with Crippen LogP contribution in [0.1, 0.15) is 64.2 Å². The van der Waals surface area contributed by atoms with Crippen molar-refractivity contribution >= 4 is 0 Å². The van der Waals surface area contributed by atoms with Crippen molar-refractivity contribution in [3.8, 4) is 0 Å². The van der Waals surface area contributed by atoms with Gasteiger partial charge in [-0.05, 0) is 37.6 Å². The maximum Gasteiger partial charge on any atom is 0.0431 e. The van der Waals surface area contributed by atoms with Crippen LogP contribution in [0.4, 0.5) is 0 Å². The molecule has 0 aliphatic heterocycles. The Morgan fingerprint density at radius 1 is 0.875 bits per heavy atom. The third-order valence-electron chi connectivity index (χ3n) is 4.08. The minimum Gasteiger partial charge on any atom is -0.396 e. The average molecular weight is 227 g/mol. The Hall–Kier alpha value is -0.0800.